The second-order valence-corrected chi connectivity index (χ2v) is 4.53. The van der Waals surface area contributed by atoms with Crippen LogP contribution in [-0.2, 0) is 4.74 Å². The van der Waals surface area contributed by atoms with Crippen molar-refractivity contribution in [3.63, 3.8) is 0 Å². The van der Waals surface area contributed by atoms with Crippen LogP contribution < -0.4 is 5.43 Å². The summed E-state index contributed by atoms with van der Waals surface area (Å²) >= 11 is 0. The third-order valence-electron chi connectivity index (χ3n) is 3.12. The molecule has 1 aliphatic rings. The molecule has 0 spiro atoms. The average molecular weight is 267 g/mol. The van der Waals surface area contributed by atoms with Crippen molar-refractivity contribution in [3.8, 4) is 0 Å². The maximum atomic E-state index is 12.3. The highest BCUT2D eigenvalue weighted by Crippen LogP contribution is 2.16. The van der Waals surface area contributed by atoms with Crippen LogP contribution in [-0.4, -0.2) is 47.8 Å². The zero-order chi connectivity index (χ0) is 14.0. The standard InChI is InChI=1S/C13H17NO5/c1-3-14(10-6-18-7-11(10)16)13(17)12-5-9(15)4-8(2)19-12/h4-5,10-11,16H,3,6-7H2,1-2H3. The van der Waals surface area contributed by atoms with Crippen LogP contribution in [0.15, 0.2) is 21.3 Å². The Hall–Kier alpha value is -1.66. The summed E-state index contributed by atoms with van der Waals surface area (Å²) in [4.78, 5) is 25.2. The monoisotopic (exact) mass is 267 g/mol. The molecule has 6 heteroatoms. The lowest BCUT2D eigenvalue weighted by Gasteiger charge is -2.28. The van der Waals surface area contributed by atoms with Gasteiger partial charge in [-0.05, 0) is 13.8 Å². The first-order chi connectivity index (χ1) is 9.02. The number of aryl methyl sites for hydroxylation is 1. The number of amides is 1. The van der Waals surface area contributed by atoms with Gasteiger partial charge in [-0.2, -0.15) is 0 Å². The van der Waals surface area contributed by atoms with Gasteiger partial charge in [0.1, 0.15) is 5.76 Å². The fourth-order valence-corrected chi connectivity index (χ4v) is 2.21. The molecule has 2 unspecified atom stereocenters. The lowest BCUT2D eigenvalue weighted by molar-refractivity contribution is 0.0488. The van der Waals surface area contributed by atoms with Gasteiger partial charge in [-0.15, -0.1) is 0 Å². The lowest BCUT2D eigenvalue weighted by atomic mass is 10.1. The van der Waals surface area contributed by atoms with E-state index in [4.69, 9.17) is 9.15 Å². The van der Waals surface area contributed by atoms with E-state index >= 15 is 0 Å². The number of aliphatic hydroxyl groups is 1. The molecule has 0 bridgehead atoms. The molecule has 19 heavy (non-hydrogen) atoms. The van der Waals surface area contributed by atoms with Crippen LogP contribution in [0.1, 0.15) is 23.2 Å². The number of aliphatic hydroxyl groups excluding tert-OH is 1. The topological polar surface area (TPSA) is 80.0 Å². The smallest absolute Gasteiger partial charge is 0.290 e. The molecule has 1 fully saturated rings. The van der Waals surface area contributed by atoms with Gasteiger partial charge in [-0.1, -0.05) is 0 Å². The van der Waals surface area contributed by atoms with Crippen LogP contribution in [0.2, 0.25) is 0 Å². The van der Waals surface area contributed by atoms with Gasteiger partial charge in [0, 0.05) is 18.7 Å². The molecule has 104 valence electrons. The molecule has 0 saturated carbocycles. The van der Waals surface area contributed by atoms with Crippen molar-refractivity contribution < 1.29 is 19.1 Å². The quantitative estimate of drug-likeness (QED) is 0.844. The van der Waals surface area contributed by atoms with Crippen LogP contribution in [0.5, 0.6) is 0 Å². The highest BCUT2D eigenvalue weighted by molar-refractivity contribution is 5.91. The SMILES string of the molecule is CCN(C(=O)c1cc(=O)cc(C)o1)C1COCC1O. The third-order valence-corrected chi connectivity index (χ3v) is 3.12. The molecule has 1 aliphatic heterocycles. The molecule has 2 atom stereocenters. The van der Waals surface area contributed by atoms with Gasteiger partial charge in [0.05, 0.1) is 25.4 Å². The Balaban J connectivity index is 2.27. The molecule has 1 saturated heterocycles. The van der Waals surface area contributed by atoms with Crippen LogP contribution in [0.3, 0.4) is 0 Å². The van der Waals surface area contributed by atoms with Crippen molar-refractivity contribution in [2.75, 3.05) is 19.8 Å². The minimum absolute atomic E-state index is 0.00838. The second kappa shape index (κ2) is 5.54. The Labute approximate surface area is 110 Å². The minimum Gasteiger partial charge on any atom is -0.456 e. The van der Waals surface area contributed by atoms with E-state index in [9.17, 15) is 14.7 Å². The zero-order valence-electron chi connectivity index (χ0n) is 11.0. The molecule has 0 aliphatic carbocycles. The summed E-state index contributed by atoms with van der Waals surface area (Å²) < 4.78 is 10.4. The summed E-state index contributed by atoms with van der Waals surface area (Å²) in [5.41, 5.74) is -0.272. The van der Waals surface area contributed by atoms with E-state index in [1.807, 2.05) is 0 Å². The molecule has 0 radical (unpaired) electrons. The van der Waals surface area contributed by atoms with Gasteiger partial charge in [0.2, 0.25) is 0 Å². The average Bonchev–Trinajstić information content (AvgIpc) is 2.75. The molecular formula is C13H17NO5. The van der Waals surface area contributed by atoms with Crippen molar-refractivity contribution in [2.24, 2.45) is 0 Å². The van der Waals surface area contributed by atoms with Crippen molar-refractivity contribution in [1.29, 1.82) is 0 Å². The number of ether oxygens (including phenoxy) is 1. The molecule has 1 amide bonds. The molecule has 2 rings (SSSR count). The highest BCUT2D eigenvalue weighted by Gasteiger charge is 2.34. The number of rotatable bonds is 3. The van der Waals surface area contributed by atoms with Gasteiger partial charge in [0.25, 0.3) is 5.91 Å². The molecule has 0 aromatic carbocycles. The van der Waals surface area contributed by atoms with Crippen LogP contribution in [0, 0.1) is 6.92 Å². The van der Waals surface area contributed by atoms with Gasteiger partial charge in [-0.25, -0.2) is 0 Å². The second-order valence-electron chi connectivity index (χ2n) is 4.53. The number of hydrogen-bond donors (Lipinski definition) is 1. The van der Waals surface area contributed by atoms with Gasteiger partial charge < -0.3 is 19.2 Å². The molecule has 1 N–H and O–H groups in total. The summed E-state index contributed by atoms with van der Waals surface area (Å²) in [7, 11) is 0. The van der Waals surface area contributed by atoms with Crippen molar-refractivity contribution in [3.05, 3.63) is 33.9 Å². The Morgan fingerprint density at radius 1 is 1.47 bits per heavy atom. The number of hydrogen-bond acceptors (Lipinski definition) is 5. The maximum Gasteiger partial charge on any atom is 0.290 e. The summed E-state index contributed by atoms with van der Waals surface area (Å²) in [6.45, 7) is 4.32. The predicted molar refractivity (Wildman–Crippen MR) is 67.0 cm³/mol. The number of nitrogens with zero attached hydrogens (tertiary/aromatic N) is 1. The highest BCUT2D eigenvalue weighted by atomic mass is 16.5. The van der Waals surface area contributed by atoms with E-state index in [0.717, 1.165) is 0 Å². The van der Waals surface area contributed by atoms with Gasteiger partial charge in [0.15, 0.2) is 11.2 Å². The fourth-order valence-electron chi connectivity index (χ4n) is 2.21. The first-order valence-electron chi connectivity index (χ1n) is 6.21. The number of likely N-dealkylation sites (N-methyl/N-ethyl adjacent to an activating group) is 1. The van der Waals surface area contributed by atoms with Gasteiger partial charge >= 0.3 is 0 Å². The Morgan fingerprint density at radius 2 is 2.21 bits per heavy atom. The first-order valence-corrected chi connectivity index (χ1v) is 6.21. The predicted octanol–water partition coefficient (Wildman–Crippen LogP) is 0.170. The van der Waals surface area contributed by atoms with E-state index in [1.165, 1.54) is 17.0 Å². The van der Waals surface area contributed by atoms with E-state index in [1.54, 1.807) is 13.8 Å². The summed E-state index contributed by atoms with van der Waals surface area (Å²) in [6.07, 6.45) is -0.708. The number of carbonyl (C=O) groups excluding carboxylic acids is 1. The van der Waals surface area contributed by atoms with E-state index in [2.05, 4.69) is 0 Å². The van der Waals surface area contributed by atoms with Crippen molar-refractivity contribution in [2.45, 2.75) is 26.0 Å². The molecular weight excluding hydrogens is 250 g/mol. The minimum atomic E-state index is -0.708. The summed E-state index contributed by atoms with van der Waals surface area (Å²) in [5, 5.41) is 9.78. The van der Waals surface area contributed by atoms with Crippen LogP contribution in [0.25, 0.3) is 0 Å². The third kappa shape index (κ3) is 2.85. The van der Waals surface area contributed by atoms with Crippen molar-refractivity contribution >= 4 is 5.91 Å². The van der Waals surface area contributed by atoms with Crippen LogP contribution >= 0.6 is 0 Å². The molecule has 2 heterocycles. The van der Waals surface area contributed by atoms with E-state index in [-0.39, 0.29) is 24.4 Å². The number of carbonyl (C=O) groups is 1. The molecule has 1 aromatic rings. The van der Waals surface area contributed by atoms with E-state index in [0.29, 0.717) is 12.3 Å². The van der Waals surface area contributed by atoms with Gasteiger partial charge in [-0.3, -0.25) is 9.59 Å². The normalized spacial score (nSPS) is 22.5. The Bertz CT molecular complexity index is 524. The Morgan fingerprint density at radius 3 is 2.74 bits per heavy atom. The zero-order valence-corrected chi connectivity index (χ0v) is 11.0. The Kier molecular flexibility index (Phi) is 4.01. The maximum absolute atomic E-state index is 12.3. The van der Waals surface area contributed by atoms with Crippen LogP contribution in [0.4, 0.5) is 0 Å². The summed E-state index contributed by atoms with van der Waals surface area (Å²) in [6, 6.07) is 2.09. The summed E-state index contributed by atoms with van der Waals surface area (Å²) in [5.74, 6) is -0.0288. The molecule has 1 aromatic heterocycles. The first kappa shape index (κ1) is 13.8. The van der Waals surface area contributed by atoms with E-state index < -0.39 is 18.1 Å². The fraction of sp³-hybridized carbons (Fsp3) is 0.538. The largest absolute Gasteiger partial charge is 0.456 e. The molecule has 6 nitrogen and oxygen atoms in total. The lowest BCUT2D eigenvalue weighted by Crippen LogP contribution is -2.46. The van der Waals surface area contributed by atoms with Crippen molar-refractivity contribution in [1.82, 2.24) is 4.90 Å².